The molecule has 9 rings (SSSR count). The molecule has 0 bridgehead atoms. The summed E-state index contributed by atoms with van der Waals surface area (Å²) in [4.78, 5) is 140. The number of fused-ring (bicyclic) bond motifs is 4. The lowest BCUT2D eigenvalue weighted by Crippen LogP contribution is -2.54. The molecule has 6 amide bonds. The predicted molar refractivity (Wildman–Crippen MR) is 463 cm³/mol. The van der Waals surface area contributed by atoms with Crippen molar-refractivity contribution in [2.75, 3.05) is 117 Å². The molecule has 0 aliphatic carbocycles. The van der Waals surface area contributed by atoms with Gasteiger partial charge in [0.05, 0.1) is 111 Å². The number of aryl methyl sites for hydroxylation is 1. The van der Waals surface area contributed by atoms with Crippen LogP contribution in [0, 0.1) is 54.3 Å². The van der Waals surface area contributed by atoms with E-state index in [0.29, 0.717) is 97.2 Å². The maximum Gasteiger partial charge on any atom is 0.290 e. The van der Waals surface area contributed by atoms with E-state index < -0.39 is 115 Å². The molecule has 33 heteroatoms. The van der Waals surface area contributed by atoms with E-state index in [1.807, 2.05) is 97.8 Å². The number of carbonyl (C=O) groups is 9. The number of Topliss-reactive ketones (excluding diaryl/α,β-unsaturated/α-hetero) is 3. The van der Waals surface area contributed by atoms with Gasteiger partial charge in [0.25, 0.3) is 43.9 Å². The lowest BCUT2D eigenvalue weighted by atomic mass is 9.83. The van der Waals surface area contributed by atoms with Crippen LogP contribution in [0.5, 0.6) is 17.2 Å². The molecule has 0 aromatic heterocycles. The Hall–Kier alpha value is -7.63. The van der Waals surface area contributed by atoms with Crippen LogP contribution in [0.15, 0.2) is 77.6 Å². The Labute approximate surface area is 718 Å². The zero-order valence-corrected chi connectivity index (χ0v) is 75.8. The molecule has 3 N–H and O–H groups in total. The number of ketones is 3. The number of likely N-dealkylation sites (N-methyl/N-ethyl adjacent to an activating group) is 2. The van der Waals surface area contributed by atoms with Crippen molar-refractivity contribution in [1.82, 2.24) is 34.5 Å². The molecule has 6 aliphatic rings. The first-order valence-corrected chi connectivity index (χ1v) is 47.2. The fraction of sp³-hybridized carbons (Fsp3) is 0.644. The molecule has 664 valence electrons. The van der Waals surface area contributed by atoms with Gasteiger partial charge in [0.1, 0.15) is 17.3 Å². The maximum absolute atomic E-state index is 15.1. The van der Waals surface area contributed by atoms with Crippen LogP contribution in [0.3, 0.4) is 0 Å². The Morgan fingerprint density at radius 3 is 1.93 bits per heavy atom. The summed E-state index contributed by atoms with van der Waals surface area (Å²) in [5, 5.41) is 11.2. The molecule has 0 saturated carbocycles. The van der Waals surface area contributed by atoms with Crippen LogP contribution in [0.4, 0.5) is 11.4 Å². The third kappa shape index (κ3) is 24.0. The van der Waals surface area contributed by atoms with Gasteiger partial charge in [-0.25, -0.2) is 10.0 Å². The number of thioether (sulfide) groups is 2. The highest BCUT2D eigenvalue weighted by Gasteiger charge is 2.50. The number of hydrogen-bond donors (Lipinski definition) is 3. The number of anilines is 2. The minimum absolute atomic E-state index is 0.00486. The fourth-order valence-corrected chi connectivity index (χ4v) is 21.6. The highest BCUT2D eigenvalue weighted by atomic mass is 32.2. The monoisotopic (exact) mass is 1750 g/mol. The van der Waals surface area contributed by atoms with Crippen molar-refractivity contribution in [3.63, 3.8) is 0 Å². The zero-order chi connectivity index (χ0) is 87.8. The van der Waals surface area contributed by atoms with Gasteiger partial charge in [-0.3, -0.25) is 56.8 Å². The number of benzene rings is 3. The summed E-state index contributed by atoms with van der Waals surface area (Å²) >= 11 is 2.70. The zero-order valence-electron chi connectivity index (χ0n) is 72.6. The number of carbonyl (C=O) groups excluding carboxylic acids is 9. The minimum Gasteiger partial charge on any atom is -0.493 e. The molecule has 3 aromatic carbocycles. The average molecular weight is 1750 g/mol. The number of amides is 6. The van der Waals surface area contributed by atoms with E-state index in [2.05, 4.69) is 10.6 Å². The quantitative estimate of drug-likeness (QED) is 0.0269. The van der Waals surface area contributed by atoms with E-state index >= 15 is 9.59 Å². The molecule has 6 heterocycles. The van der Waals surface area contributed by atoms with Crippen molar-refractivity contribution in [3.05, 3.63) is 99.8 Å². The number of likely N-dealkylation sites (tertiary alicyclic amines) is 1. The normalized spacial score (nSPS) is 22.4. The predicted octanol–water partition coefficient (Wildman–Crippen LogP) is 10.7. The number of hydrazine groups is 1. The van der Waals surface area contributed by atoms with Crippen molar-refractivity contribution in [2.24, 2.45) is 47.3 Å². The van der Waals surface area contributed by atoms with Crippen LogP contribution >= 0.6 is 23.5 Å². The Morgan fingerprint density at radius 1 is 0.700 bits per heavy atom. The number of rotatable bonds is 42. The largest absolute Gasteiger partial charge is 0.493 e. The Morgan fingerprint density at radius 2 is 1.32 bits per heavy atom. The average Bonchev–Trinajstić information content (AvgIpc) is 1.60. The highest BCUT2D eigenvalue weighted by Crippen LogP contribution is 2.43. The Balaban J connectivity index is 0.845. The second-order valence-corrected chi connectivity index (χ2v) is 39.5. The van der Waals surface area contributed by atoms with Gasteiger partial charge in [-0.15, -0.1) is 23.5 Å². The summed E-state index contributed by atoms with van der Waals surface area (Å²) in [5.41, 5.74) is 2.50. The highest BCUT2D eigenvalue weighted by molar-refractivity contribution is 8.18. The van der Waals surface area contributed by atoms with Gasteiger partial charge >= 0.3 is 0 Å². The third-order valence-electron chi connectivity index (χ3n) is 24.8. The summed E-state index contributed by atoms with van der Waals surface area (Å²) in [6, 6.07) is 12.2. The van der Waals surface area contributed by atoms with Crippen molar-refractivity contribution in [2.45, 2.75) is 206 Å². The number of nitrogens with one attached hydrogen (secondary N) is 2. The van der Waals surface area contributed by atoms with Gasteiger partial charge in [-0.1, -0.05) is 92.1 Å². The first kappa shape index (κ1) is 96.2. The van der Waals surface area contributed by atoms with E-state index in [-0.39, 0.29) is 154 Å². The van der Waals surface area contributed by atoms with Crippen molar-refractivity contribution in [1.29, 1.82) is 0 Å². The summed E-state index contributed by atoms with van der Waals surface area (Å²) < 4.78 is 98.0. The molecule has 3 fully saturated rings. The first-order valence-electron chi connectivity index (χ1n) is 42.1. The molecule has 120 heavy (non-hydrogen) atoms. The van der Waals surface area contributed by atoms with E-state index in [0.717, 1.165) is 12.7 Å². The van der Waals surface area contributed by atoms with Crippen molar-refractivity contribution >= 4 is 108 Å². The van der Waals surface area contributed by atoms with Crippen LogP contribution in [-0.4, -0.2) is 269 Å². The SMILES string of the molecule is CCC(C)[C@@H](C(CC(=O)N1CCC[C@H]1[C@H](OC)[C@@H](C)C(=O)C[C@@H](Cc1ccccc1)C(=O)CCN1C(=O)C=CSCSC=CC(=O)N1CCC1C[C@H]2C(S(=O)(=O)OC)Nc3cc(OCCCCCOc4cc5c(cc4OC)C(=O)N4CC(C)C[C@H]4C(CS(=O)(=O)O)N5)c(C)cc3C(=O)N2C1)OC)N(C)C(=O)[C@@H](CC(=O)[C@H](C(C)C)N(C)C)C(C)C. The number of nitrogens with zero attached hydrogens (tertiary/aromatic N) is 7. The second kappa shape index (κ2) is 43.6. The van der Waals surface area contributed by atoms with Gasteiger partial charge < -0.3 is 53.9 Å². The molecule has 6 unspecified atom stereocenters. The van der Waals surface area contributed by atoms with Crippen LogP contribution < -0.4 is 24.8 Å². The van der Waals surface area contributed by atoms with Crippen LogP contribution in [0.1, 0.15) is 171 Å². The van der Waals surface area contributed by atoms with Crippen LogP contribution in [0.25, 0.3) is 0 Å². The summed E-state index contributed by atoms with van der Waals surface area (Å²) in [7, 11) is 2.24. The van der Waals surface area contributed by atoms with Crippen LogP contribution in [-0.2, 0) is 73.9 Å². The fourth-order valence-electron chi connectivity index (χ4n) is 18.4. The number of hydrogen-bond acceptors (Lipinski definition) is 24. The number of ether oxygens (including phenoxy) is 5. The Bertz CT molecular complexity index is 4390. The first-order chi connectivity index (χ1) is 56.9. The third-order valence-corrected chi connectivity index (χ3v) is 28.8. The molecule has 3 saturated heterocycles. The lowest BCUT2D eigenvalue weighted by molar-refractivity contribution is -0.158. The lowest BCUT2D eigenvalue weighted by Gasteiger charge is -2.41. The standard InChI is InChI=1S/C87H127N9O20S4/c1-17-56(7)82(91(12)85(103)62(53(2)3)44-73(99)81(54(4)5)90(10)11)77(112-14)48-80(102)92-32-24-27-68(92)83(113-15)58(9)72(98)43-61(41-59-25-20-18-21-26-59)71(97)29-34-96-79(101)31-38-118-52-117-37-30-78(100)95(96)33-28-60-42-70-84(120(109,110)114-16)89-66-46-74(57(8)40-63(66)86(104)94(70)50-60)115-35-22-19-23-36-116-76-47-65-64(45-75(76)111-13)87(105)93-49-55(6)39-69(93)67(88-65)51-119(106,107)108/h18,20-21,25-26,30-31,37-38,40,45-47,53-56,58,60-62,67-70,77,81-84,88-89H,17,19,22-24,27-29,32-36,39,41-44,48-52H2,1-16H3,(H,106,107,108)/t55?,56?,58-,60?,61+,62-,67?,68-,69-,70-,77?,81-,82-,83+,84?/m0/s1. The van der Waals surface area contributed by atoms with Gasteiger partial charge in [-0.2, -0.15) is 16.8 Å². The van der Waals surface area contributed by atoms with E-state index in [4.69, 9.17) is 27.9 Å². The molecular weight excluding hydrogens is 1620 g/mol. The summed E-state index contributed by atoms with van der Waals surface area (Å²) in [5.74, 6) is -5.20. The van der Waals surface area contributed by atoms with Crippen molar-refractivity contribution < 1.29 is 92.4 Å². The topological polar surface area (TPSA) is 344 Å². The Kier molecular flexibility index (Phi) is 35.0. The molecule has 0 radical (unpaired) electrons. The minimum atomic E-state index is -4.41. The van der Waals surface area contributed by atoms with E-state index in [1.54, 1.807) is 77.8 Å². The smallest absolute Gasteiger partial charge is 0.290 e. The number of unbranched alkanes of at least 4 members (excludes halogenated alkanes) is 2. The van der Waals surface area contributed by atoms with E-state index in [9.17, 15) is 55.0 Å². The van der Waals surface area contributed by atoms with Gasteiger partial charge in [0.2, 0.25) is 11.8 Å². The molecule has 15 atom stereocenters. The molecular formula is C87H127N9O20S4. The van der Waals surface area contributed by atoms with E-state index in [1.165, 1.54) is 64.8 Å². The summed E-state index contributed by atoms with van der Waals surface area (Å²) in [6.07, 6.45) is 5.44. The molecule has 3 aromatic rings. The summed E-state index contributed by atoms with van der Waals surface area (Å²) in [6.45, 7) is 18.5. The molecule has 0 spiro atoms. The van der Waals surface area contributed by atoms with Gasteiger partial charge in [-0.05, 0) is 142 Å². The number of methoxy groups -OCH3 is 3. The van der Waals surface area contributed by atoms with Gasteiger partial charge in [0.15, 0.2) is 22.7 Å². The maximum atomic E-state index is 15.1. The molecule has 29 nitrogen and oxygen atoms in total. The second-order valence-electron chi connectivity index (χ2n) is 34.0. The van der Waals surface area contributed by atoms with Crippen LogP contribution in [0.2, 0.25) is 0 Å². The van der Waals surface area contributed by atoms with Gasteiger partial charge in [0, 0.05) is 120 Å². The van der Waals surface area contributed by atoms with Crippen molar-refractivity contribution in [3.8, 4) is 17.2 Å². The molecule has 6 aliphatic heterocycles.